The van der Waals surface area contributed by atoms with Crippen molar-refractivity contribution in [1.82, 2.24) is 5.32 Å². The van der Waals surface area contributed by atoms with Crippen molar-refractivity contribution >= 4 is 17.6 Å². The summed E-state index contributed by atoms with van der Waals surface area (Å²) in [6, 6.07) is 6.30. The molecule has 1 unspecified atom stereocenters. The van der Waals surface area contributed by atoms with Gasteiger partial charge in [-0.1, -0.05) is 23.8 Å². The zero-order valence-corrected chi connectivity index (χ0v) is 11.2. The average molecular weight is 256 g/mol. The van der Waals surface area contributed by atoms with E-state index in [0.29, 0.717) is 13.1 Å². The summed E-state index contributed by atoms with van der Waals surface area (Å²) >= 11 is 5.83. The SMILES string of the molecule is COC(=O)C(Cl)CNCc1cc(C)ccc1C. The molecule has 0 amide bonds. The fourth-order valence-electron chi connectivity index (χ4n) is 1.54. The summed E-state index contributed by atoms with van der Waals surface area (Å²) < 4.78 is 4.55. The molecule has 0 fully saturated rings. The molecule has 4 heteroatoms. The number of carbonyl (C=O) groups is 1. The Hall–Kier alpha value is -1.06. The van der Waals surface area contributed by atoms with Crippen molar-refractivity contribution in [3.63, 3.8) is 0 Å². The van der Waals surface area contributed by atoms with Gasteiger partial charge in [-0.25, -0.2) is 0 Å². The maximum absolute atomic E-state index is 11.1. The van der Waals surface area contributed by atoms with Crippen molar-refractivity contribution in [3.05, 3.63) is 34.9 Å². The van der Waals surface area contributed by atoms with Gasteiger partial charge in [0.1, 0.15) is 5.38 Å². The van der Waals surface area contributed by atoms with Gasteiger partial charge in [0, 0.05) is 13.1 Å². The second-order valence-electron chi connectivity index (χ2n) is 4.05. The molecule has 1 rings (SSSR count). The van der Waals surface area contributed by atoms with Crippen molar-refractivity contribution in [3.8, 4) is 0 Å². The first-order chi connectivity index (χ1) is 8.04. The predicted molar refractivity (Wildman–Crippen MR) is 69.3 cm³/mol. The molecule has 3 nitrogen and oxygen atoms in total. The van der Waals surface area contributed by atoms with Crippen molar-refractivity contribution in [1.29, 1.82) is 0 Å². The van der Waals surface area contributed by atoms with E-state index in [1.165, 1.54) is 23.8 Å². The van der Waals surface area contributed by atoms with Crippen molar-refractivity contribution < 1.29 is 9.53 Å². The predicted octanol–water partition coefficient (Wildman–Crippen LogP) is 2.17. The summed E-state index contributed by atoms with van der Waals surface area (Å²) in [6.45, 7) is 5.23. The number of halogens is 1. The van der Waals surface area contributed by atoms with Gasteiger partial charge in [-0.2, -0.15) is 0 Å². The van der Waals surface area contributed by atoms with E-state index in [2.05, 4.69) is 42.1 Å². The van der Waals surface area contributed by atoms with Crippen LogP contribution in [0.15, 0.2) is 18.2 Å². The normalized spacial score (nSPS) is 12.2. The highest BCUT2D eigenvalue weighted by Gasteiger charge is 2.14. The Kier molecular flexibility index (Phi) is 5.45. The molecule has 1 atom stereocenters. The highest BCUT2D eigenvalue weighted by molar-refractivity contribution is 6.30. The molecular weight excluding hydrogens is 238 g/mol. The second-order valence-corrected chi connectivity index (χ2v) is 4.58. The van der Waals surface area contributed by atoms with Gasteiger partial charge in [-0.15, -0.1) is 11.6 Å². The molecule has 1 aromatic carbocycles. The molecule has 0 radical (unpaired) electrons. The van der Waals surface area contributed by atoms with Crippen LogP contribution in [0.2, 0.25) is 0 Å². The molecule has 0 heterocycles. The van der Waals surface area contributed by atoms with Crippen LogP contribution >= 0.6 is 11.6 Å². The minimum Gasteiger partial charge on any atom is -0.468 e. The zero-order valence-electron chi connectivity index (χ0n) is 10.4. The molecule has 0 bridgehead atoms. The molecule has 0 aliphatic carbocycles. The smallest absolute Gasteiger partial charge is 0.325 e. The molecule has 0 aromatic heterocycles. The Bertz CT molecular complexity index is 393. The number of benzene rings is 1. The minimum atomic E-state index is -0.634. The van der Waals surface area contributed by atoms with Crippen LogP contribution in [0.3, 0.4) is 0 Å². The number of nitrogens with one attached hydrogen (secondary N) is 1. The molecule has 0 spiro atoms. The van der Waals surface area contributed by atoms with E-state index in [9.17, 15) is 4.79 Å². The summed E-state index contributed by atoms with van der Waals surface area (Å²) in [4.78, 5) is 11.1. The minimum absolute atomic E-state index is 0.403. The maximum Gasteiger partial charge on any atom is 0.325 e. The molecule has 0 saturated heterocycles. The number of hydrogen-bond acceptors (Lipinski definition) is 3. The van der Waals surface area contributed by atoms with Crippen LogP contribution in [-0.4, -0.2) is 25.0 Å². The van der Waals surface area contributed by atoms with Crippen LogP contribution < -0.4 is 5.32 Å². The molecule has 0 aliphatic rings. The number of aryl methyl sites for hydroxylation is 2. The van der Waals surface area contributed by atoms with Crippen LogP contribution in [0.1, 0.15) is 16.7 Å². The van der Waals surface area contributed by atoms with Crippen LogP contribution in [0.4, 0.5) is 0 Å². The van der Waals surface area contributed by atoms with E-state index in [0.717, 1.165) is 0 Å². The number of hydrogen-bond donors (Lipinski definition) is 1. The molecule has 1 N–H and O–H groups in total. The number of carbonyl (C=O) groups excluding carboxylic acids is 1. The first-order valence-electron chi connectivity index (χ1n) is 5.53. The maximum atomic E-state index is 11.1. The highest BCUT2D eigenvalue weighted by atomic mass is 35.5. The first kappa shape index (κ1) is 14.0. The topological polar surface area (TPSA) is 38.3 Å². The number of rotatable bonds is 5. The van der Waals surface area contributed by atoms with Crippen molar-refractivity contribution in [2.24, 2.45) is 0 Å². The Balaban J connectivity index is 2.45. The summed E-state index contributed by atoms with van der Waals surface area (Å²) in [7, 11) is 1.34. The van der Waals surface area contributed by atoms with E-state index in [4.69, 9.17) is 11.6 Å². The van der Waals surface area contributed by atoms with E-state index in [1.807, 2.05) is 0 Å². The number of methoxy groups -OCH3 is 1. The van der Waals surface area contributed by atoms with Gasteiger partial charge in [-0.05, 0) is 25.0 Å². The Morgan fingerprint density at radius 3 is 2.82 bits per heavy atom. The lowest BCUT2D eigenvalue weighted by atomic mass is 10.1. The summed E-state index contributed by atoms with van der Waals surface area (Å²) in [5.41, 5.74) is 3.67. The zero-order chi connectivity index (χ0) is 12.8. The summed E-state index contributed by atoms with van der Waals surface area (Å²) in [5, 5.41) is 2.52. The molecule has 0 aliphatic heterocycles. The largest absolute Gasteiger partial charge is 0.468 e. The number of esters is 1. The van der Waals surface area contributed by atoms with Gasteiger partial charge >= 0.3 is 5.97 Å². The standard InChI is InChI=1S/C13H18ClNO2/c1-9-4-5-10(2)11(6-9)7-15-8-12(14)13(16)17-3/h4-6,12,15H,7-8H2,1-3H3. The first-order valence-corrected chi connectivity index (χ1v) is 5.97. The van der Waals surface area contributed by atoms with Crippen molar-refractivity contribution in [2.45, 2.75) is 25.8 Å². The lowest BCUT2D eigenvalue weighted by Crippen LogP contribution is -2.29. The van der Waals surface area contributed by atoms with Crippen molar-refractivity contribution in [2.75, 3.05) is 13.7 Å². The Morgan fingerprint density at radius 1 is 1.47 bits per heavy atom. The van der Waals surface area contributed by atoms with Gasteiger partial charge in [0.15, 0.2) is 0 Å². The lowest BCUT2D eigenvalue weighted by Gasteiger charge is -2.11. The third kappa shape index (κ3) is 4.36. The van der Waals surface area contributed by atoms with Gasteiger partial charge in [-0.3, -0.25) is 4.79 Å². The fraction of sp³-hybridized carbons (Fsp3) is 0.462. The monoisotopic (exact) mass is 255 g/mol. The lowest BCUT2D eigenvalue weighted by molar-refractivity contribution is -0.140. The van der Waals surface area contributed by atoms with Crippen LogP contribution in [0, 0.1) is 13.8 Å². The third-order valence-corrected chi connectivity index (χ3v) is 2.93. The van der Waals surface area contributed by atoms with Gasteiger partial charge in [0.25, 0.3) is 0 Å². The summed E-state index contributed by atoms with van der Waals surface area (Å²) in [5.74, 6) is -0.403. The quantitative estimate of drug-likeness (QED) is 0.647. The average Bonchev–Trinajstić information content (AvgIpc) is 2.32. The molecule has 1 aromatic rings. The fourth-order valence-corrected chi connectivity index (χ4v) is 1.73. The van der Waals surface area contributed by atoms with E-state index < -0.39 is 11.3 Å². The number of ether oxygens (including phenoxy) is 1. The number of alkyl halides is 1. The molecular formula is C13H18ClNO2. The van der Waals surface area contributed by atoms with Crippen LogP contribution in [-0.2, 0) is 16.1 Å². The molecule has 0 saturated carbocycles. The molecule has 94 valence electrons. The van der Waals surface area contributed by atoms with E-state index >= 15 is 0 Å². The summed E-state index contributed by atoms with van der Waals surface area (Å²) in [6.07, 6.45) is 0. The van der Waals surface area contributed by atoms with Crippen LogP contribution in [0.5, 0.6) is 0 Å². The van der Waals surface area contributed by atoms with Crippen LogP contribution in [0.25, 0.3) is 0 Å². The third-order valence-electron chi connectivity index (χ3n) is 2.60. The van der Waals surface area contributed by atoms with Gasteiger partial charge in [0.2, 0.25) is 0 Å². The molecule has 17 heavy (non-hydrogen) atoms. The van der Waals surface area contributed by atoms with E-state index in [1.54, 1.807) is 0 Å². The Morgan fingerprint density at radius 2 is 2.18 bits per heavy atom. The van der Waals surface area contributed by atoms with Gasteiger partial charge in [0.05, 0.1) is 7.11 Å². The van der Waals surface area contributed by atoms with Gasteiger partial charge < -0.3 is 10.1 Å². The Labute approximate surface area is 107 Å². The second kappa shape index (κ2) is 6.62. The highest BCUT2D eigenvalue weighted by Crippen LogP contribution is 2.10. The van der Waals surface area contributed by atoms with E-state index in [-0.39, 0.29) is 0 Å².